The van der Waals surface area contributed by atoms with Crippen LogP contribution in [0.3, 0.4) is 0 Å². The highest BCUT2D eigenvalue weighted by Crippen LogP contribution is 2.24. The summed E-state index contributed by atoms with van der Waals surface area (Å²) in [5.41, 5.74) is 5.59. The fourth-order valence-corrected chi connectivity index (χ4v) is 2.11. The van der Waals surface area contributed by atoms with Gasteiger partial charge in [0.1, 0.15) is 6.04 Å². The Morgan fingerprint density at radius 2 is 1.89 bits per heavy atom. The van der Waals surface area contributed by atoms with E-state index in [0.717, 1.165) is 6.42 Å². The van der Waals surface area contributed by atoms with Crippen molar-refractivity contribution in [2.24, 2.45) is 11.1 Å². The summed E-state index contributed by atoms with van der Waals surface area (Å²) in [6, 6.07) is -1.23. The van der Waals surface area contributed by atoms with Gasteiger partial charge in [0, 0.05) is 13.5 Å². The van der Waals surface area contributed by atoms with Gasteiger partial charge in [-0.15, -0.1) is 0 Å². The molecule has 3 N–H and O–H groups in total. The van der Waals surface area contributed by atoms with E-state index in [9.17, 15) is 14.4 Å². The maximum Gasteiger partial charge on any atom is 0.249 e. The third-order valence-electron chi connectivity index (χ3n) is 3.34. The van der Waals surface area contributed by atoms with Crippen LogP contribution in [0.2, 0.25) is 0 Å². The number of likely N-dealkylation sites (tertiary alicyclic amines) is 1. The van der Waals surface area contributed by atoms with Crippen LogP contribution in [0, 0.1) is 5.41 Å². The first-order valence-corrected chi connectivity index (χ1v) is 6.52. The normalized spacial score (nSPS) is 21.1. The van der Waals surface area contributed by atoms with E-state index in [1.165, 1.54) is 11.8 Å². The Bertz CT molecular complexity index is 387. The van der Waals surface area contributed by atoms with Crippen LogP contribution in [-0.4, -0.2) is 41.2 Å². The van der Waals surface area contributed by atoms with Crippen molar-refractivity contribution in [3.63, 3.8) is 0 Å². The molecule has 0 unspecified atom stereocenters. The quantitative estimate of drug-likeness (QED) is 0.738. The van der Waals surface area contributed by atoms with E-state index in [1.54, 1.807) is 0 Å². The van der Waals surface area contributed by atoms with E-state index in [4.69, 9.17) is 5.73 Å². The van der Waals surface area contributed by atoms with Gasteiger partial charge in [0.15, 0.2) is 0 Å². The number of amides is 3. The van der Waals surface area contributed by atoms with E-state index in [-0.39, 0.29) is 11.3 Å². The first-order chi connectivity index (χ1) is 8.64. The molecule has 1 rings (SSSR count). The molecule has 1 saturated heterocycles. The number of carbonyl (C=O) groups is 3. The molecule has 1 fully saturated rings. The molecule has 0 aromatic heterocycles. The van der Waals surface area contributed by atoms with E-state index < -0.39 is 23.9 Å². The van der Waals surface area contributed by atoms with Crippen LogP contribution in [0.5, 0.6) is 0 Å². The lowest BCUT2D eigenvalue weighted by molar-refractivity contribution is -0.142. The second kappa shape index (κ2) is 5.69. The lowest BCUT2D eigenvalue weighted by Crippen LogP contribution is -2.55. The Morgan fingerprint density at radius 1 is 1.32 bits per heavy atom. The van der Waals surface area contributed by atoms with Gasteiger partial charge in [0.05, 0.1) is 6.04 Å². The summed E-state index contributed by atoms with van der Waals surface area (Å²) >= 11 is 0. The van der Waals surface area contributed by atoms with Gasteiger partial charge in [0.2, 0.25) is 17.7 Å². The molecule has 108 valence electrons. The summed E-state index contributed by atoms with van der Waals surface area (Å²) < 4.78 is 0. The van der Waals surface area contributed by atoms with Gasteiger partial charge in [0.25, 0.3) is 0 Å². The third-order valence-corrected chi connectivity index (χ3v) is 3.34. The summed E-state index contributed by atoms with van der Waals surface area (Å²) in [7, 11) is 0. The molecule has 3 amide bonds. The predicted molar refractivity (Wildman–Crippen MR) is 71.0 cm³/mol. The Labute approximate surface area is 113 Å². The van der Waals surface area contributed by atoms with Crippen molar-refractivity contribution in [1.82, 2.24) is 10.2 Å². The molecule has 0 spiro atoms. The lowest BCUT2D eigenvalue weighted by Gasteiger charge is -2.32. The van der Waals surface area contributed by atoms with E-state index in [2.05, 4.69) is 5.32 Å². The fourth-order valence-electron chi connectivity index (χ4n) is 2.11. The smallest absolute Gasteiger partial charge is 0.249 e. The average Bonchev–Trinajstić information content (AvgIpc) is 2.73. The van der Waals surface area contributed by atoms with Crippen molar-refractivity contribution in [2.45, 2.75) is 52.6 Å². The zero-order valence-corrected chi connectivity index (χ0v) is 12.0. The molecule has 0 aromatic carbocycles. The third kappa shape index (κ3) is 3.76. The Hall–Kier alpha value is -1.43. The van der Waals surface area contributed by atoms with Crippen LogP contribution in [0.4, 0.5) is 0 Å². The van der Waals surface area contributed by atoms with Crippen LogP contribution in [0.1, 0.15) is 40.5 Å². The molecular weight excluding hydrogens is 246 g/mol. The summed E-state index contributed by atoms with van der Waals surface area (Å²) in [5.74, 6) is -1.06. The molecule has 0 bridgehead atoms. The van der Waals surface area contributed by atoms with Crippen molar-refractivity contribution in [2.75, 3.05) is 6.54 Å². The Kier molecular flexibility index (Phi) is 4.68. The lowest BCUT2D eigenvalue weighted by atomic mass is 9.86. The van der Waals surface area contributed by atoms with E-state index in [1.807, 2.05) is 20.8 Å². The minimum Gasteiger partial charge on any atom is -0.329 e. The van der Waals surface area contributed by atoms with Gasteiger partial charge in [-0.1, -0.05) is 20.8 Å². The van der Waals surface area contributed by atoms with Crippen LogP contribution in [0.15, 0.2) is 0 Å². The number of nitrogens with one attached hydrogen (secondary N) is 1. The number of imide groups is 1. The summed E-state index contributed by atoms with van der Waals surface area (Å²) in [4.78, 5) is 36.6. The van der Waals surface area contributed by atoms with Gasteiger partial charge in [-0.05, 0) is 18.3 Å². The zero-order valence-electron chi connectivity index (χ0n) is 12.0. The van der Waals surface area contributed by atoms with Gasteiger partial charge >= 0.3 is 0 Å². The molecule has 0 saturated carbocycles. The Morgan fingerprint density at radius 3 is 2.37 bits per heavy atom. The van der Waals surface area contributed by atoms with Crippen LogP contribution in [-0.2, 0) is 14.4 Å². The molecule has 6 nitrogen and oxygen atoms in total. The number of rotatable bonds is 2. The maximum absolute atomic E-state index is 12.3. The number of hydrogen-bond acceptors (Lipinski definition) is 4. The molecule has 0 aromatic rings. The first-order valence-electron chi connectivity index (χ1n) is 6.52. The van der Waals surface area contributed by atoms with Gasteiger partial charge in [-0.2, -0.15) is 0 Å². The van der Waals surface area contributed by atoms with Gasteiger partial charge in [-0.25, -0.2) is 0 Å². The molecule has 1 heterocycles. The summed E-state index contributed by atoms with van der Waals surface area (Å²) in [5, 5.41) is 2.23. The maximum atomic E-state index is 12.3. The predicted octanol–water partition coefficient (Wildman–Crippen LogP) is 0.0135. The fraction of sp³-hybridized carbons (Fsp3) is 0.769. The standard InChI is InChI=1S/C13H23N3O3/c1-8(17)15-11(18)9-6-5-7-16(9)12(19)10(14)13(2,3)4/h9-10H,5-7,14H2,1-4H3,(H,15,17,18)/t9-,10+/m0/s1. The number of carbonyl (C=O) groups excluding carboxylic acids is 3. The van der Waals surface area contributed by atoms with Crippen molar-refractivity contribution >= 4 is 17.7 Å². The minimum absolute atomic E-state index is 0.228. The van der Waals surface area contributed by atoms with E-state index >= 15 is 0 Å². The molecule has 2 atom stereocenters. The number of hydrogen-bond donors (Lipinski definition) is 2. The second-order valence-electron chi connectivity index (χ2n) is 6.08. The average molecular weight is 269 g/mol. The number of nitrogens with zero attached hydrogens (tertiary/aromatic N) is 1. The molecule has 1 aliphatic heterocycles. The van der Waals surface area contributed by atoms with E-state index in [0.29, 0.717) is 13.0 Å². The van der Waals surface area contributed by atoms with Crippen LogP contribution >= 0.6 is 0 Å². The molecule has 1 aliphatic rings. The van der Waals surface area contributed by atoms with Crippen LogP contribution in [0.25, 0.3) is 0 Å². The van der Waals surface area contributed by atoms with Crippen molar-refractivity contribution in [3.8, 4) is 0 Å². The second-order valence-corrected chi connectivity index (χ2v) is 6.08. The molecule has 6 heteroatoms. The topological polar surface area (TPSA) is 92.5 Å². The SMILES string of the molecule is CC(=O)NC(=O)[C@@H]1CCCN1C(=O)[C@@H](N)C(C)(C)C. The summed E-state index contributed by atoms with van der Waals surface area (Å²) in [6.07, 6.45) is 1.32. The van der Waals surface area contributed by atoms with Gasteiger partial charge in [-0.3, -0.25) is 19.7 Å². The monoisotopic (exact) mass is 269 g/mol. The highest BCUT2D eigenvalue weighted by molar-refractivity contribution is 5.99. The molecule has 0 aliphatic carbocycles. The van der Waals surface area contributed by atoms with Crippen molar-refractivity contribution in [1.29, 1.82) is 0 Å². The van der Waals surface area contributed by atoms with Crippen LogP contribution < -0.4 is 11.1 Å². The molecular formula is C13H23N3O3. The molecule has 19 heavy (non-hydrogen) atoms. The zero-order chi connectivity index (χ0) is 14.8. The highest BCUT2D eigenvalue weighted by atomic mass is 16.2. The van der Waals surface area contributed by atoms with Gasteiger partial charge < -0.3 is 10.6 Å². The largest absolute Gasteiger partial charge is 0.329 e. The van der Waals surface area contributed by atoms with Crippen molar-refractivity contribution < 1.29 is 14.4 Å². The minimum atomic E-state index is -0.654. The van der Waals surface area contributed by atoms with Crippen molar-refractivity contribution in [3.05, 3.63) is 0 Å². The molecule has 0 radical (unpaired) electrons. The summed E-state index contributed by atoms with van der Waals surface area (Å²) in [6.45, 7) is 7.45. The Balaban J connectivity index is 2.79. The number of nitrogens with two attached hydrogens (primary N) is 1. The first kappa shape index (κ1) is 15.6. The highest BCUT2D eigenvalue weighted by Gasteiger charge is 2.39.